The van der Waals surface area contributed by atoms with Gasteiger partial charge in [-0.25, -0.2) is 0 Å². The van der Waals surface area contributed by atoms with Crippen molar-refractivity contribution in [2.45, 2.75) is 52.6 Å². The maximum absolute atomic E-state index is 6.22. The summed E-state index contributed by atoms with van der Waals surface area (Å²) in [5.74, 6) is 0.770. The van der Waals surface area contributed by atoms with Crippen LogP contribution in [0.15, 0.2) is 18.2 Å². The van der Waals surface area contributed by atoms with Gasteiger partial charge in [0, 0.05) is 35.9 Å². The third kappa shape index (κ3) is 4.39. The van der Waals surface area contributed by atoms with E-state index in [4.69, 9.17) is 11.6 Å². The van der Waals surface area contributed by atoms with Gasteiger partial charge in [-0.3, -0.25) is 0 Å². The molecule has 3 heteroatoms. The van der Waals surface area contributed by atoms with Gasteiger partial charge in [0.2, 0.25) is 0 Å². The summed E-state index contributed by atoms with van der Waals surface area (Å²) in [6.07, 6.45) is 2.62. The highest BCUT2D eigenvalue weighted by Crippen LogP contribution is 2.29. The van der Waals surface area contributed by atoms with Crippen LogP contribution in [-0.2, 0) is 6.54 Å². The van der Waals surface area contributed by atoms with Crippen LogP contribution >= 0.6 is 11.6 Å². The number of piperidine rings is 1. The van der Waals surface area contributed by atoms with Crippen LogP contribution in [-0.4, -0.2) is 18.6 Å². The van der Waals surface area contributed by atoms with Crippen LogP contribution in [0.25, 0.3) is 0 Å². The van der Waals surface area contributed by atoms with Gasteiger partial charge < -0.3 is 10.2 Å². The molecule has 2 nitrogen and oxygen atoms in total. The van der Waals surface area contributed by atoms with Crippen LogP contribution in [0, 0.1) is 5.92 Å². The molecule has 20 heavy (non-hydrogen) atoms. The minimum atomic E-state index is 0.131. The van der Waals surface area contributed by atoms with Crippen LogP contribution in [0.5, 0.6) is 0 Å². The molecule has 0 radical (unpaired) electrons. The van der Waals surface area contributed by atoms with E-state index < -0.39 is 0 Å². The van der Waals surface area contributed by atoms with Gasteiger partial charge in [0.1, 0.15) is 0 Å². The zero-order valence-corrected chi connectivity index (χ0v) is 13.9. The van der Waals surface area contributed by atoms with Gasteiger partial charge in [-0.15, -0.1) is 0 Å². The number of halogens is 1. The van der Waals surface area contributed by atoms with Crippen LogP contribution < -0.4 is 10.2 Å². The highest BCUT2D eigenvalue weighted by atomic mass is 35.5. The van der Waals surface area contributed by atoms with Crippen LogP contribution in [0.2, 0.25) is 5.02 Å². The number of nitrogens with one attached hydrogen (secondary N) is 1. The van der Waals surface area contributed by atoms with Crippen LogP contribution in [0.4, 0.5) is 5.69 Å². The molecule has 1 saturated heterocycles. The third-order valence-electron chi connectivity index (χ3n) is 3.85. The van der Waals surface area contributed by atoms with Crippen LogP contribution in [0.1, 0.15) is 46.1 Å². The summed E-state index contributed by atoms with van der Waals surface area (Å²) in [5, 5.41) is 4.41. The Bertz CT molecular complexity index is 451. The molecule has 1 aliphatic heterocycles. The van der Waals surface area contributed by atoms with Gasteiger partial charge in [0.25, 0.3) is 0 Å². The Hall–Kier alpha value is -0.730. The van der Waals surface area contributed by atoms with E-state index in [0.29, 0.717) is 0 Å². The molecule has 0 spiro atoms. The minimum absolute atomic E-state index is 0.131. The lowest BCUT2D eigenvalue weighted by Crippen LogP contribution is -2.37. The summed E-state index contributed by atoms with van der Waals surface area (Å²) in [5.41, 5.74) is 2.78. The molecule has 0 aromatic heterocycles. The number of rotatable bonds is 3. The summed E-state index contributed by atoms with van der Waals surface area (Å²) in [7, 11) is 0. The van der Waals surface area contributed by atoms with Crippen molar-refractivity contribution in [3.63, 3.8) is 0 Å². The van der Waals surface area contributed by atoms with Crippen molar-refractivity contribution in [3.05, 3.63) is 28.8 Å². The van der Waals surface area contributed by atoms with Gasteiger partial charge in [-0.2, -0.15) is 0 Å². The molecule has 1 atom stereocenters. The Morgan fingerprint density at radius 2 is 2.10 bits per heavy atom. The standard InChI is InChI=1S/C17H27ClN2/c1-13-6-5-9-20(12-13)16-10-15(18)8-7-14(16)11-19-17(2,3)4/h7-8,10,13,19H,5-6,9,11-12H2,1-4H3. The lowest BCUT2D eigenvalue weighted by Gasteiger charge is -2.34. The molecule has 1 unspecified atom stereocenters. The van der Waals surface area contributed by atoms with Crippen molar-refractivity contribution in [1.82, 2.24) is 5.32 Å². The summed E-state index contributed by atoms with van der Waals surface area (Å²) in [6.45, 7) is 12.1. The second kappa shape index (κ2) is 6.36. The SMILES string of the molecule is CC1CCCN(c2cc(Cl)ccc2CNC(C)(C)C)C1. The molecule has 1 aromatic carbocycles. The van der Waals surface area contributed by atoms with E-state index in [1.807, 2.05) is 6.07 Å². The van der Waals surface area contributed by atoms with Crippen molar-refractivity contribution in [2.75, 3.05) is 18.0 Å². The Balaban J connectivity index is 2.19. The predicted molar refractivity (Wildman–Crippen MR) is 88.7 cm³/mol. The zero-order chi connectivity index (χ0) is 14.8. The molecular formula is C17H27ClN2. The smallest absolute Gasteiger partial charge is 0.0426 e. The Morgan fingerprint density at radius 1 is 1.35 bits per heavy atom. The molecule has 112 valence electrons. The van der Waals surface area contributed by atoms with E-state index in [1.165, 1.54) is 24.1 Å². The van der Waals surface area contributed by atoms with E-state index in [-0.39, 0.29) is 5.54 Å². The summed E-state index contributed by atoms with van der Waals surface area (Å²) >= 11 is 6.22. The van der Waals surface area contributed by atoms with E-state index >= 15 is 0 Å². The fraction of sp³-hybridized carbons (Fsp3) is 0.647. The molecule has 1 fully saturated rings. The second-order valence-electron chi connectivity index (χ2n) is 7.07. The molecule has 0 aliphatic carbocycles. The fourth-order valence-corrected chi connectivity index (χ4v) is 2.92. The first-order chi connectivity index (χ1) is 9.35. The summed E-state index contributed by atoms with van der Waals surface area (Å²) in [4.78, 5) is 2.50. The molecule has 1 N–H and O–H groups in total. The van der Waals surface area contributed by atoms with Crippen molar-refractivity contribution in [2.24, 2.45) is 5.92 Å². The second-order valence-corrected chi connectivity index (χ2v) is 7.51. The molecule has 1 aromatic rings. The Kier molecular flexibility index (Phi) is 4.98. The first-order valence-corrected chi connectivity index (χ1v) is 8.01. The van der Waals surface area contributed by atoms with E-state index in [2.05, 4.69) is 50.0 Å². The molecule has 1 aliphatic rings. The lowest BCUT2D eigenvalue weighted by atomic mass is 9.98. The van der Waals surface area contributed by atoms with Gasteiger partial charge in [0.15, 0.2) is 0 Å². The lowest BCUT2D eigenvalue weighted by molar-refractivity contribution is 0.421. The van der Waals surface area contributed by atoms with Gasteiger partial charge in [0.05, 0.1) is 0 Å². The van der Waals surface area contributed by atoms with Crippen molar-refractivity contribution in [1.29, 1.82) is 0 Å². The van der Waals surface area contributed by atoms with E-state index in [1.54, 1.807) is 0 Å². The van der Waals surface area contributed by atoms with Gasteiger partial charge in [-0.1, -0.05) is 24.6 Å². The van der Waals surface area contributed by atoms with Crippen molar-refractivity contribution in [3.8, 4) is 0 Å². The predicted octanol–water partition coefficient (Wildman–Crippen LogP) is 4.46. The normalized spacial score (nSPS) is 20.2. The van der Waals surface area contributed by atoms with E-state index in [9.17, 15) is 0 Å². The summed E-state index contributed by atoms with van der Waals surface area (Å²) in [6, 6.07) is 6.28. The Morgan fingerprint density at radius 3 is 2.75 bits per heavy atom. The largest absolute Gasteiger partial charge is 0.371 e. The Labute approximate surface area is 128 Å². The molecule has 0 amide bonds. The highest BCUT2D eigenvalue weighted by molar-refractivity contribution is 6.30. The molecular weight excluding hydrogens is 268 g/mol. The first-order valence-electron chi connectivity index (χ1n) is 7.63. The monoisotopic (exact) mass is 294 g/mol. The number of benzene rings is 1. The van der Waals surface area contributed by atoms with E-state index in [0.717, 1.165) is 30.6 Å². The highest BCUT2D eigenvalue weighted by Gasteiger charge is 2.20. The van der Waals surface area contributed by atoms with Crippen LogP contribution in [0.3, 0.4) is 0 Å². The number of hydrogen-bond acceptors (Lipinski definition) is 2. The van der Waals surface area contributed by atoms with Crippen molar-refractivity contribution >= 4 is 17.3 Å². The molecule has 2 rings (SSSR count). The first kappa shape index (κ1) is 15.7. The topological polar surface area (TPSA) is 15.3 Å². The van der Waals surface area contributed by atoms with Gasteiger partial charge >= 0.3 is 0 Å². The molecule has 1 heterocycles. The fourth-order valence-electron chi connectivity index (χ4n) is 2.75. The maximum Gasteiger partial charge on any atom is 0.0426 e. The number of nitrogens with zero attached hydrogens (tertiary/aromatic N) is 1. The molecule has 0 saturated carbocycles. The quantitative estimate of drug-likeness (QED) is 0.885. The summed E-state index contributed by atoms with van der Waals surface area (Å²) < 4.78 is 0. The number of anilines is 1. The molecule has 0 bridgehead atoms. The average Bonchev–Trinajstić information content (AvgIpc) is 2.36. The zero-order valence-electron chi connectivity index (χ0n) is 13.2. The maximum atomic E-state index is 6.22. The third-order valence-corrected chi connectivity index (χ3v) is 4.09. The number of hydrogen-bond donors (Lipinski definition) is 1. The van der Waals surface area contributed by atoms with Gasteiger partial charge in [-0.05, 0) is 57.2 Å². The average molecular weight is 295 g/mol. The van der Waals surface area contributed by atoms with Crippen molar-refractivity contribution < 1.29 is 0 Å². The minimum Gasteiger partial charge on any atom is -0.371 e.